The zero-order valence-electron chi connectivity index (χ0n) is 20.4. The molecule has 4 rings (SSSR count). The number of nitrogens with zero attached hydrogens (tertiary/aromatic N) is 3. The fraction of sp³-hybridized carbons (Fsp3) is 0.192. The number of aliphatic carboxylic acids is 1. The molecule has 0 aliphatic rings. The van der Waals surface area contributed by atoms with Crippen molar-refractivity contribution in [2.75, 3.05) is 23.9 Å². The number of aromatic nitrogens is 3. The molecule has 4 aromatic rings. The molecular weight excluding hydrogens is 474 g/mol. The number of H-pyrrole nitrogens is 1. The van der Waals surface area contributed by atoms with Gasteiger partial charge in [-0.25, -0.2) is 9.97 Å². The number of amides is 1. The zero-order chi connectivity index (χ0) is 26.5. The maximum Gasteiger partial charge on any atom is 0.305 e. The summed E-state index contributed by atoms with van der Waals surface area (Å²) in [5, 5.41) is 20.0. The summed E-state index contributed by atoms with van der Waals surface area (Å²) in [5.74, 6) is 0.171. The average molecular weight is 502 g/mol. The molecule has 11 heteroatoms. The summed E-state index contributed by atoms with van der Waals surface area (Å²) in [6.07, 6.45) is 1.35. The number of carbonyl (C=O) groups is 2. The molecule has 2 heterocycles. The lowest BCUT2D eigenvalue weighted by Crippen LogP contribution is -2.34. The Balaban J connectivity index is 1.59. The number of amidine groups is 1. The number of pyridine rings is 1. The van der Waals surface area contributed by atoms with E-state index in [1.165, 1.54) is 12.0 Å². The number of benzene rings is 2. The third kappa shape index (κ3) is 5.50. The summed E-state index contributed by atoms with van der Waals surface area (Å²) in [6, 6.07) is 13.8. The second-order valence-electron chi connectivity index (χ2n) is 8.29. The van der Waals surface area contributed by atoms with E-state index in [9.17, 15) is 9.59 Å². The minimum absolute atomic E-state index is 0.0113. The zero-order valence-corrected chi connectivity index (χ0v) is 20.4. The largest absolute Gasteiger partial charge is 0.495 e. The molecule has 0 bridgehead atoms. The van der Waals surface area contributed by atoms with Gasteiger partial charge < -0.3 is 25.9 Å². The molecule has 6 N–H and O–H groups in total. The molecule has 37 heavy (non-hydrogen) atoms. The van der Waals surface area contributed by atoms with E-state index in [-0.39, 0.29) is 24.7 Å². The fourth-order valence-electron chi connectivity index (χ4n) is 3.95. The Labute approximate surface area is 212 Å². The van der Waals surface area contributed by atoms with Gasteiger partial charge in [0.05, 0.1) is 36.8 Å². The van der Waals surface area contributed by atoms with Crippen molar-refractivity contribution in [2.45, 2.75) is 19.9 Å². The van der Waals surface area contributed by atoms with Gasteiger partial charge in [0.2, 0.25) is 0 Å². The van der Waals surface area contributed by atoms with Crippen LogP contribution in [0.4, 0.5) is 11.5 Å². The van der Waals surface area contributed by atoms with Crippen LogP contribution in [0.3, 0.4) is 0 Å². The van der Waals surface area contributed by atoms with E-state index in [1.54, 1.807) is 54.7 Å². The quantitative estimate of drug-likeness (QED) is 0.163. The first-order valence-electron chi connectivity index (χ1n) is 11.5. The van der Waals surface area contributed by atoms with Crippen molar-refractivity contribution in [2.24, 2.45) is 5.73 Å². The number of methoxy groups -OCH3 is 1. The van der Waals surface area contributed by atoms with Crippen LogP contribution in [0.25, 0.3) is 11.0 Å². The maximum absolute atomic E-state index is 13.5. The second-order valence-corrected chi connectivity index (χ2v) is 8.29. The predicted molar refractivity (Wildman–Crippen MR) is 140 cm³/mol. The fourth-order valence-corrected chi connectivity index (χ4v) is 3.95. The molecule has 0 atom stereocenters. The van der Waals surface area contributed by atoms with E-state index >= 15 is 0 Å². The number of aryl methyl sites for hydroxylation is 1. The van der Waals surface area contributed by atoms with Gasteiger partial charge in [0.15, 0.2) is 0 Å². The van der Waals surface area contributed by atoms with Gasteiger partial charge in [0.25, 0.3) is 5.91 Å². The number of anilines is 2. The van der Waals surface area contributed by atoms with Crippen LogP contribution < -0.4 is 20.7 Å². The first-order chi connectivity index (χ1) is 17.8. The topological polar surface area (TPSA) is 170 Å². The Morgan fingerprint density at radius 1 is 1.22 bits per heavy atom. The van der Waals surface area contributed by atoms with Crippen LogP contribution >= 0.6 is 0 Å². The van der Waals surface area contributed by atoms with Crippen LogP contribution in [0.1, 0.15) is 33.7 Å². The van der Waals surface area contributed by atoms with Crippen molar-refractivity contribution in [3.8, 4) is 5.75 Å². The monoisotopic (exact) mass is 501 g/mol. The number of imidazole rings is 1. The number of nitrogens with two attached hydrogens (primary N) is 1. The lowest BCUT2D eigenvalue weighted by Gasteiger charge is -2.22. The Morgan fingerprint density at radius 3 is 2.70 bits per heavy atom. The summed E-state index contributed by atoms with van der Waals surface area (Å²) in [6.45, 7) is 2.15. The number of hydrogen-bond donors (Lipinski definition) is 5. The average Bonchev–Trinajstić information content (AvgIpc) is 3.32. The number of ether oxygens (including phenoxy) is 1. The SMILES string of the molecule is COc1cc(C(=N)N)ccc1NCc1nc2c(C)c(C(=O)N(CCC(=O)O)c3ccccn3)ccc2[nH]1. The Kier molecular flexibility index (Phi) is 7.33. The van der Waals surface area contributed by atoms with Crippen LogP contribution in [0, 0.1) is 12.3 Å². The molecule has 2 aromatic carbocycles. The summed E-state index contributed by atoms with van der Waals surface area (Å²) in [5.41, 5.74) is 9.32. The molecule has 0 fully saturated rings. The normalized spacial score (nSPS) is 10.8. The molecule has 0 aliphatic heterocycles. The van der Waals surface area contributed by atoms with Gasteiger partial charge in [-0.15, -0.1) is 0 Å². The number of carboxylic acid groups (broad SMARTS) is 1. The molecule has 2 aromatic heterocycles. The molecule has 0 aliphatic carbocycles. The van der Waals surface area contributed by atoms with E-state index in [4.69, 9.17) is 21.0 Å². The van der Waals surface area contributed by atoms with Crippen molar-refractivity contribution in [3.05, 3.63) is 77.2 Å². The molecule has 0 radical (unpaired) electrons. The highest BCUT2D eigenvalue weighted by Crippen LogP contribution is 2.27. The lowest BCUT2D eigenvalue weighted by atomic mass is 10.1. The number of fused-ring (bicyclic) bond motifs is 1. The molecule has 0 spiro atoms. The highest BCUT2D eigenvalue weighted by Gasteiger charge is 2.23. The highest BCUT2D eigenvalue weighted by molar-refractivity contribution is 6.08. The molecular formula is C26H27N7O4. The number of carbonyl (C=O) groups excluding carboxylic acids is 1. The van der Waals surface area contributed by atoms with E-state index in [0.717, 1.165) is 5.52 Å². The number of carboxylic acids is 1. The minimum atomic E-state index is -1.00. The van der Waals surface area contributed by atoms with Gasteiger partial charge in [0.1, 0.15) is 23.2 Å². The van der Waals surface area contributed by atoms with Gasteiger partial charge in [-0.05, 0) is 55.0 Å². The van der Waals surface area contributed by atoms with E-state index in [1.807, 2.05) is 6.92 Å². The summed E-state index contributed by atoms with van der Waals surface area (Å²) in [7, 11) is 1.54. The molecule has 190 valence electrons. The van der Waals surface area contributed by atoms with Crippen LogP contribution in [0.15, 0.2) is 54.7 Å². The van der Waals surface area contributed by atoms with Crippen LogP contribution in [0.5, 0.6) is 5.75 Å². The smallest absolute Gasteiger partial charge is 0.305 e. The predicted octanol–water partition coefficient (Wildman–Crippen LogP) is 3.29. The van der Waals surface area contributed by atoms with Crippen LogP contribution in [-0.4, -0.2) is 51.4 Å². The Bertz CT molecular complexity index is 1470. The van der Waals surface area contributed by atoms with E-state index in [0.29, 0.717) is 51.8 Å². The van der Waals surface area contributed by atoms with Crippen LogP contribution in [-0.2, 0) is 11.3 Å². The first kappa shape index (κ1) is 25.2. The number of nitrogen functional groups attached to an aromatic ring is 1. The third-order valence-corrected chi connectivity index (χ3v) is 5.87. The lowest BCUT2D eigenvalue weighted by molar-refractivity contribution is -0.136. The molecule has 1 amide bonds. The third-order valence-electron chi connectivity index (χ3n) is 5.87. The summed E-state index contributed by atoms with van der Waals surface area (Å²) < 4.78 is 5.41. The van der Waals surface area contributed by atoms with Crippen molar-refractivity contribution in [3.63, 3.8) is 0 Å². The summed E-state index contributed by atoms with van der Waals surface area (Å²) >= 11 is 0. The number of aromatic amines is 1. The highest BCUT2D eigenvalue weighted by atomic mass is 16.5. The molecule has 0 saturated heterocycles. The molecule has 0 unspecified atom stereocenters. The van der Waals surface area contributed by atoms with Gasteiger partial charge in [-0.1, -0.05) is 6.07 Å². The maximum atomic E-state index is 13.5. The Morgan fingerprint density at radius 2 is 2.03 bits per heavy atom. The number of nitrogens with one attached hydrogen (secondary N) is 3. The summed E-state index contributed by atoms with van der Waals surface area (Å²) in [4.78, 5) is 38.2. The van der Waals surface area contributed by atoms with Crippen molar-refractivity contribution in [1.29, 1.82) is 5.41 Å². The van der Waals surface area contributed by atoms with E-state index < -0.39 is 5.97 Å². The molecule has 0 saturated carbocycles. The Hall–Kier alpha value is -4.93. The number of rotatable bonds is 10. The number of hydrogen-bond acceptors (Lipinski definition) is 7. The van der Waals surface area contributed by atoms with Crippen molar-refractivity contribution < 1.29 is 19.4 Å². The first-order valence-corrected chi connectivity index (χ1v) is 11.5. The standard InChI is InChI=1S/C26H27N7O4/c1-15-17(26(36)33(12-10-23(34)35)22-5-3-4-11-29-22)7-9-19-24(15)32-21(31-19)14-30-18-8-6-16(25(27)28)13-20(18)37-2/h3-9,11,13,30H,10,12,14H2,1-2H3,(H3,27,28)(H,31,32)(H,34,35). The van der Waals surface area contributed by atoms with Crippen molar-refractivity contribution >= 4 is 40.3 Å². The van der Waals surface area contributed by atoms with Gasteiger partial charge in [-0.2, -0.15) is 0 Å². The van der Waals surface area contributed by atoms with E-state index in [2.05, 4.69) is 20.3 Å². The van der Waals surface area contributed by atoms with Gasteiger partial charge in [-0.3, -0.25) is 19.9 Å². The minimum Gasteiger partial charge on any atom is -0.495 e. The van der Waals surface area contributed by atoms with Gasteiger partial charge in [0, 0.05) is 23.9 Å². The van der Waals surface area contributed by atoms with Crippen molar-refractivity contribution in [1.82, 2.24) is 15.0 Å². The van der Waals surface area contributed by atoms with Gasteiger partial charge >= 0.3 is 5.97 Å². The van der Waals surface area contributed by atoms with Crippen LogP contribution in [0.2, 0.25) is 0 Å². The molecule has 11 nitrogen and oxygen atoms in total. The second kappa shape index (κ2) is 10.8.